The fourth-order valence-electron chi connectivity index (χ4n) is 3.36. The number of benzene rings is 1. The van der Waals surface area contributed by atoms with Crippen molar-refractivity contribution in [2.75, 3.05) is 0 Å². The molecule has 4 aromatic heterocycles. The van der Waals surface area contributed by atoms with E-state index >= 15 is 0 Å². The van der Waals surface area contributed by atoms with E-state index in [0.717, 1.165) is 38.6 Å². The van der Waals surface area contributed by atoms with Crippen LogP contribution in [0.1, 0.15) is 24.0 Å². The summed E-state index contributed by atoms with van der Waals surface area (Å²) in [7, 11) is 0. The van der Waals surface area contributed by atoms with E-state index in [9.17, 15) is 4.79 Å². The summed E-state index contributed by atoms with van der Waals surface area (Å²) >= 11 is 4.92. The van der Waals surface area contributed by atoms with Gasteiger partial charge in [0.15, 0.2) is 9.50 Å². The maximum Gasteiger partial charge on any atom is 0.258 e. The predicted octanol–water partition coefficient (Wildman–Crippen LogP) is 4.81. The minimum absolute atomic E-state index is 0.0702. The second-order valence-electron chi connectivity index (χ2n) is 7.19. The summed E-state index contributed by atoms with van der Waals surface area (Å²) in [5, 5.41) is 9.63. The van der Waals surface area contributed by atoms with Crippen LogP contribution in [0.4, 0.5) is 0 Å². The SMILES string of the molecule is CCn1c(CSc2nc3ccccc3s2)nnc1SCc1cc(=O)n2cc(C)ccc2n1. The van der Waals surface area contributed by atoms with Crippen LogP contribution in [-0.2, 0) is 18.1 Å². The van der Waals surface area contributed by atoms with Crippen LogP contribution in [0.25, 0.3) is 15.9 Å². The lowest BCUT2D eigenvalue weighted by atomic mass is 10.3. The quantitative estimate of drug-likeness (QED) is 0.309. The fraction of sp³-hybridized carbons (Fsp3) is 0.227. The molecular formula is C22H20N6OS3. The Hall–Kier alpha value is -2.69. The number of fused-ring (bicyclic) bond motifs is 2. The summed E-state index contributed by atoms with van der Waals surface area (Å²) in [6.07, 6.45) is 1.81. The molecule has 0 aliphatic rings. The van der Waals surface area contributed by atoms with Gasteiger partial charge >= 0.3 is 0 Å². The highest BCUT2D eigenvalue weighted by Crippen LogP contribution is 2.32. The molecule has 0 saturated heterocycles. The standard InChI is InChI=1S/C22H20N6OS3/c1-3-27-19(13-31-22-24-16-6-4-5-7-17(16)32-22)25-26-21(27)30-12-15-10-20(29)28-11-14(2)8-9-18(28)23-15/h4-11H,3,12-13H2,1-2H3. The minimum atomic E-state index is -0.0702. The number of aromatic nitrogens is 6. The summed E-state index contributed by atoms with van der Waals surface area (Å²) in [4.78, 5) is 21.8. The Kier molecular flexibility index (Phi) is 5.99. The molecule has 0 amide bonds. The van der Waals surface area contributed by atoms with Crippen molar-refractivity contribution < 1.29 is 0 Å². The lowest BCUT2D eigenvalue weighted by Crippen LogP contribution is -2.15. The summed E-state index contributed by atoms with van der Waals surface area (Å²) in [6.45, 7) is 4.82. The molecule has 5 rings (SSSR count). The number of pyridine rings is 1. The number of aryl methyl sites for hydroxylation is 1. The molecule has 0 saturated carbocycles. The van der Waals surface area contributed by atoms with E-state index in [2.05, 4.69) is 37.7 Å². The second-order valence-corrected chi connectivity index (χ2v) is 10.4. The van der Waals surface area contributed by atoms with E-state index in [-0.39, 0.29) is 5.56 Å². The average Bonchev–Trinajstić information content (AvgIpc) is 3.39. The number of thiazole rings is 1. The molecule has 0 unspecified atom stereocenters. The van der Waals surface area contributed by atoms with Crippen molar-refractivity contribution in [1.29, 1.82) is 0 Å². The fourth-order valence-corrected chi connectivity index (χ4v) is 6.28. The van der Waals surface area contributed by atoms with E-state index in [1.807, 2.05) is 43.5 Å². The maximum absolute atomic E-state index is 12.4. The first-order valence-electron chi connectivity index (χ1n) is 10.1. The number of hydrogen-bond donors (Lipinski definition) is 0. The van der Waals surface area contributed by atoms with Gasteiger partial charge in [-0.15, -0.1) is 21.5 Å². The van der Waals surface area contributed by atoms with E-state index in [0.29, 0.717) is 17.2 Å². The van der Waals surface area contributed by atoms with Crippen molar-refractivity contribution in [2.24, 2.45) is 0 Å². The van der Waals surface area contributed by atoms with E-state index in [4.69, 9.17) is 0 Å². The molecule has 0 atom stereocenters. The van der Waals surface area contributed by atoms with Crippen LogP contribution >= 0.6 is 34.9 Å². The van der Waals surface area contributed by atoms with Crippen molar-refractivity contribution in [2.45, 2.75) is 41.4 Å². The molecule has 0 fully saturated rings. The molecule has 0 aliphatic carbocycles. The van der Waals surface area contributed by atoms with Crippen molar-refractivity contribution in [3.8, 4) is 0 Å². The van der Waals surface area contributed by atoms with Crippen LogP contribution in [0.2, 0.25) is 0 Å². The Balaban J connectivity index is 1.30. The van der Waals surface area contributed by atoms with Gasteiger partial charge in [-0.1, -0.05) is 41.7 Å². The molecule has 0 radical (unpaired) electrons. The van der Waals surface area contributed by atoms with Crippen LogP contribution in [0.3, 0.4) is 0 Å². The van der Waals surface area contributed by atoms with Gasteiger partial charge in [-0.05, 0) is 37.6 Å². The molecule has 32 heavy (non-hydrogen) atoms. The van der Waals surface area contributed by atoms with Crippen LogP contribution in [0, 0.1) is 6.92 Å². The average molecular weight is 481 g/mol. The lowest BCUT2D eigenvalue weighted by Gasteiger charge is -2.07. The van der Waals surface area contributed by atoms with Gasteiger partial charge in [0, 0.05) is 24.6 Å². The molecule has 7 nitrogen and oxygen atoms in total. The zero-order valence-electron chi connectivity index (χ0n) is 17.6. The largest absolute Gasteiger partial charge is 0.306 e. The Morgan fingerprint density at radius 2 is 1.91 bits per heavy atom. The molecule has 0 bridgehead atoms. The van der Waals surface area contributed by atoms with E-state index in [1.165, 1.54) is 4.70 Å². The third kappa shape index (κ3) is 4.30. The van der Waals surface area contributed by atoms with Gasteiger partial charge in [0.1, 0.15) is 11.5 Å². The molecule has 0 N–H and O–H groups in total. The summed E-state index contributed by atoms with van der Waals surface area (Å²) < 4.78 is 5.91. The van der Waals surface area contributed by atoms with Crippen LogP contribution in [0.5, 0.6) is 0 Å². The van der Waals surface area contributed by atoms with Crippen molar-refractivity contribution in [1.82, 2.24) is 29.1 Å². The van der Waals surface area contributed by atoms with Gasteiger partial charge in [-0.3, -0.25) is 9.20 Å². The van der Waals surface area contributed by atoms with Crippen LogP contribution in [-0.4, -0.2) is 29.1 Å². The first-order valence-corrected chi connectivity index (χ1v) is 12.9. The molecule has 5 aromatic rings. The van der Waals surface area contributed by atoms with E-state index in [1.54, 1.807) is 45.3 Å². The summed E-state index contributed by atoms with van der Waals surface area (Å²) in [5.74, 6) is 2.18. The highest BCUT2D eigenvalue weighted by atomic mass is 32.2. The Morgan fingerprint density at radius 1 is 1.03 bits per heavy atom. The van der Waals surface area contributed by atoms with Gasteiger partial charge in [0.2, 0.25) is 0 Å². The number of para-hydroxylation sites is 1. The highest BCUT2D eigenvalue weighted by molar-refractivity contribution is 8.00. The Morgan fingerprint density at radius 3 is 2.75 bits per heavy atom. The van der Waals surface area contributed by atoms with E-state index < -0.39 is 0 Å². The first-order chi connectivity index (χ1) is 15.6. The number of rotatable bonds is 7. The smallest absolute Gasteiger partial charge is 0.258 e. The molecule has 0 spiro atoms. The summed E-state index contributed by atoms with van der Waals surface area (Å²) in [5.41, 5.74) is 3.38. The molecule has 10 heteroatoms. The summed E-state index contributed by atoms with van der Waals surface area (Å²) in [6, 6.07) is 13.6. The maximum atomic E-state index is 12.4. The van der Waals surface area contributed by atoms with Gasteiger partial charge in [-0.25, -0.2) is 9.97 Å². The molecule has 4 heterocycles. The highest BCUT2D eigenvalue weighted by Gasteiger charge is 2.14. The monoisotopic (exact) mass is 480 g/mol. The zero-order chi connectivity index (χ0) is 22.1. The second kappa shape index (κ2) is 9.05. The topological polar surface area (TPSA) is 78.0 Å². The van der Waals surface area contributed by atoms with Gasteiger partial charge in [-0.2, -0.15) is 0 Å². The molecule has 1 aromatic carbocycles. The third-order valence-corrected chi connectivity index (χ3v) is 8.09. The lowest BCUT2D eigenvalue weighted by molar-refractivity contribution is 0.659. The van der Waals surface area contributed by atoms with Crippen molar-refractivity contribution in [3.63, 3.8) is 0 Å². The number of hydrogen-bond acceptors (Lipinski definition) is 8. The third-order valence-electron chi connectivity index (χ3n) is 4.92. The molecule has 0 aliphatic heterocycles. The molecule has 162 valence electrons. The number of nitrogens with zero attached hydrogens (tertiary/aromatic N) is 6. The molecular weight excluding hydrogens is 460 g/mol. The van der Waals surface area contributed by atoms with Crippen molar-refractivity contribution >= 4 is 50.7 Å². The zero-order valence-corrected chi connectivity index (χ0v) is 20.0. The van der Waals surface area contributed by atoms with Gasteiger partial charge in [0.05, 0.1) is 21.7 Å². The normalized spacial score (nSPS) is 11.6. The van der Waals surface area contributed by atoms with Crippen molar-refractivity contribution in [3.05, 3.63) is 76.1 Å². The Bertz CT molecular complexity index is 1440. The predicted molar refractivity (Wildman–Crippen MR) is 131 cm³/mol. The van der Waals surface area contributed by atoms with Gasteiger partial charge < -0.3 is 4.57 Å². The van der Waals surface area contributed by atoms with Gasteiger partial charge in [0.25, 0.3) is 5.56 Å². The minimum Gasteiger partial charge on any atom is -0.306 e. The van der Waals surface area contributed by atoms with Crippen LogP contribution < -0.4 is 5.56 Å². The van der Waals surface area contributed by atoms with Crippen LogP contribution in [0.15, 0.2) is 63.0 Å². The first kappa shape index (κ1) is 21.2. The Labute approximate surface area is 196 Å². The number of thioether (sulfide) groups is 2.